The largest absolute Gasteiger partial charge is 0.493 e. The molecule has 0 fully saturated rings. The van der Waals surface area contributed by atoms with Gasteiger partial charge < -0.3 is 18.8 Å². The number of hydrogen-bond acceptors (Lipinski definition) is 5. The molecule has 0 atom stereocenters. The Balaban J connectivity index is 1.62. The van der Waals surface area contributed by atoms with Crippen molar-refractivity contribution in [3.63, 3.8) is 0 Å². The van der Waals surface area contributed by atoms with E-state index in [1.807, 2.05) is 54.6 Å². The number of esters is 2. The van der Waals surface area contributed by atoms with Crippen LogP contribution in [0.4, 0.5) is 0 Å². The second kappa shape index (κ2) is 14.4. The minimum atomic E-state index is -0.469. The lowest BCUT2D eigenvalue weighted by atomic mass is 9.98. The predicted octanol–water partition coefficient (Wildman–Crippen LogP) is 8.08. The van der Waals surface area contributed by atoms with E-state index in [9.17, 15) is 9.59 Å². The van der Waals surface area contributed by atoms with E-state index in [0.717, 1.165) is 33.3 Å². The highest BCUT2D eigenvalue weighted by atomic mass is 35.5. The van der Waals surface area contributed by atoms with Crippen molar-refractivity contribution in [1.82, 2.24) is 4.57 Å². The summed E-state index contributed by atoms with van der Waals surface area (Å²) in [5.41, 5.74) is 5.38. The number of carbonyl (C=O) groups is 2. The molecule has 222 valence electrons. The summed E-state index contributed by atoms with van der Waals surface area (Å²) in [5.74, 6) is -0.254. The van der Waals surface area contributed by atoms with Gasteiger partial charge in [-0.25, -0.2) is 9.59 Å². The molecule has 0 saturated carbocycles. The van der Waals surface area contributed by atoms with Gasteiger partial charge in [-0.05, 0) is 65.2 Å². The summed E-state index contributed by atoms with van der Waals surface area (Å²) in [6.45, 7) is 4.09. The third-order valence-electron chi connectivity index (χ3n) is 7.22. The van der Waals surface area contributed by atoms with Gasteiger partial charge in [0.15, 0.2) is 0 Å². The van der Waals surface area contributed by atoms with E-state index in [2.05, 4.69) is 35.4 Å². The van der Waals surface area contributed by atoms with Gasteiger partial charge in [0.2, 0.25) is 0 Å². The molecule has 0 N–H and O–H groups in total. The fourth-order valence-electron chi connectivity index (χ4n) is 5.27. The first-order valence-electron chi connectivity index (χ1n) is 14.2. The van der Waals surface area contributed by atoms with Gasteiger partial charge in [0.25, 0.3) is 0 Å². The Kier molecular flexibility index (Phi) is 9.95. The third-order valence-corrected chi connectivity index (χ3v) is 7.45. The van der Waals surface area contributed by atoms with Crippen molar-refractivity contribution in [3.8, 4) is 5.75 Å². The van der Waals surface area contributed by atoms with Crippen molar-refractivity contribution in [2.24, 2.45) is 0 Å². The molecule has 0 unspecified atom stereocenters. The van der Waals surface area contributed by atoms with Crippen molar-refractivity contribution in [2.75, 3.05) is 20.3 Å². The maximum Gasteiger partial charge on any atom is 0.337 e. The Bertz CT molecular complexity index is 1740. The van der Waals surface area contributed by atoms with Crippen LogP contribution in [0.15, 0.2) is 122 Å². The fourth-order valence-corrected chi connectivity index (χ4v) is 5.44. The van der Waals surface area contributed by atoms with Crippen molar-refractivity contribution in [1.29, 1.82) is 0 Å². The maximum atomic E-state index is 12.6. The molecule has 44 heavy (non-hydrogen) atoms. The Morgan fingerprint density at radius 1 is 0.909 bits per heavy atom. The summed E-state index contributed by atoms with van der Waals surface area (Å²) in [6, 6.07) is 33.0. The van der Waals surface area contributed by atoms with Crippen molar-refractivity contribution in [2.45, 2.75) is 12.5 Å². The number of methoxy groups -OCH3 is 1. The Morgan fingerprint density at radius 3 is 2.18 bits per heavy atom. The Morgan fingerprint density at radius 2 is 1.57 bits per heavy atom. The molecule has 0 bridgehead atoms. The summed E-state index contributed by atoms with van der Waals surface area (Å²) >= 11 is 6.55. The lowest BCUT2D eigenvalue weighted by Gasteiger charge is -2.24. The smallest absolute Gasteiger partial charge is 0.337 e. The average Bonchev–Trinajstić information content (AvgIpc) is 3.35. The molecule has 0 radical (unpaired) electrons. The van der Waals surface area contributed by atoms with Crippen LogP contribution >= 0.6 is 11.6 Å². The van der Waals surface area contributed by atoms with Crippen LogP contribution in [0.5, 0.6) is 5.75 Å². The van der Waals surface area contributed by atoms with E-state index in [1.54, 1.807) is 30.3 Å². The van der Waals surface area contributed by atoms with Crippen LogP contribution in [0, 0.1) is 0 Å². The molecule has 7 heteroatoms. The van der Waals surface area contributed by atoms with Gasteiger partial charge in [-0.2, -0.15) is 0 Å². The molecule has 0 aliphatic heterocycles. The number of rotatable bonds is 12. The summed E-state index contributed by atoms with van der Waals surface area (Å²) < 4.78 is 18.4. The predicted molar refractivity (Wildman–Crippen MR) is 174 cm³/mol. The molecule has 0 aliphatic rings. The summed E-state index contributed by atoms with van der Waals surface area (Å²) in [4.78, 5) is 24.5. The minimum absolute atomic E-state index is 0.119. The van der Waals surface area contributed by atoms with Gasteiger partial charge in [-0.3, -0.25) is 0 Å². The first kappa shape index (κ1) is 30.4. The number of halogens is 1. The highest BCUT2D eigenvalue weighted by Gasteiger charge is 2.25. The lowest BCUT2D eigenvalue weighted by Crippen LogP contribution is -2.14. The zero-order valence-corrected chi connectivity index (χ0v) is 25.1. The monoisotopic (exact) mass is 605 g/mol. The molecule has 1 aromatic heterocycles. The topological polar surface area (TPSA) is 66.8 Å². The second-order valence-electron chi connectivity index (χ2n) is 9.99. The number of fused-ring (bicyclic) bond motifs is 1. The lowest BCUT2D eigenvalue weighted by molar-refractivity contribution is -0.136. The van der Waals surface area contributed by atoms with Gasteiger partial charge in [-0.15, -0.1) is 0 Å². The first-order chi connectivity index (χ1) is 21.5. The van der Waals surface area contributed by atoms with Gasteiger partial charge in [0.1, 0.15) is 12.4 Å². The maximum absolute atomic E-state index is 12.6. The number of carbonyl (C=O) groups excluding carboxylic acids is 2. The molecule has 0 aliphatic carbocycles. The number of hydrogen-bond donors (Lipinski definition) is 0. The van der Waals surface area contributed by atoms with Crippen molar-refractivity contribution >= 4 is 40.5 Å². The van der Waals surface area contributed by atoms with E-state index in [4.69, 9.17) is 25.8 Å². The van der Waals surface area contributed by atoms with E-state index in [1.165, 1.54) is 19.3 Å². The normalized spacial score (nSPS) is 11.2. The van der Waals surface area contributed by atoms with Crippen molar-refractivity contribution < 1.29 is 23.8 Å². The molecule has 4 aromatic carbocycles. The summed E-state index contributed by atoms with van der Waals surface area (Å²) in [6.07, 6.45) is 5.30. The molecule has 6 nitrogen and oxygen atoms in total. The Hall–Kier alpha value is -5.07. The summed E-state index contributed by atoms with van der Waals surface area (Å²) in [5, 5.41) is 1.56. The molecule has 1 heterocycles. The van der Waals surface area contributed by atoms with Crippen LogP contribution in [0.2, 0.25) is 5.02 Å². The number of ether oxygens (including phenoxy) is 3. The second-order valence-corrected chi connectivity index (χ2v) is 10.4. The molecule has 5 aromatic rings. The quantitative estimate of drug-likeness (QED) is 0.0817. The highest BCUT2D eigenvalue weighted by molar-refractivity contribution is 6.31. The van der Waals surface area contributed by atoms with Crippen LogP contribution in [-0.4, -0.2) is 36.8 Å². The average molecular weight is 606 g/mol. The molecular formula is C37H32ClNO5. The van der Waals surface area contributed by atoms with Gasteiger partial charge in [-0.1, -0.05) is 84.9 Å². The first-order valence-corrected chi connectivity index (χ1v) is 14.6. The van der Waals surface area contributed by atoms with Crippen LogP contribution in [0.1, 0.15) is 38.8 Å². The molecule has 0 spiro atoms. The molecule has 0 amide bonds. The van der Waals surface area contributed by atoms with E-state index in [-0.39, 0.29) is 12.6 Å². The zero-order valence-electron chi connectivity index (χ0n) is 24.3. The molecule has 0 saturated heterocycles. The summed E-state index contributed by atoms with van der Waals surface area (Å²) in [7, 11) is 1.35. The molecular weight excluding hydrogens is 574 g/mol. The number of aromatic nitrogens is 1. The van der Waals surface area contributed by atoms with Crippen LogP contribution in [-0.2, 0) is 20.7 Å². The SMILES string of the molecule is C=CCOC(=O)/C=C/c1c(CCOc2ccc(C(=O)OC)cc2)c2cc(Cl)ccc2n1C(c1ccccc1)c1ccccc1. The zero-order chi connectivity index (χ0) is 30.9. The van der Waals surface area contributed by atoms with E-state index >= 15 is 0 Å². The highest BCUT2D eigenvalue weighted by Crippen LogP contribution is 2.38. The third kappa shape index (κ3) is 6.93. The van der Waals surface area contributed by atoms with Gasteiger partial charge >= 0.3 is 11.9 Å². The van der Waals surface area contributed by atoms with Crippen molar-refractivity contribution in [3.05, 3.63) is 155 Å². The van der Waals surface area contributed by atoms with E-state index in [0.29, 0.717) is 29.4 Å². The minimum Gasteiger partial charge on any atom is -0.493 e. The van der Waals surface area contributed by atoms with Gasteiger partial charge in [0, 0.05) is 34.1 Å². The standard InChI is InChI=1S/C37H32ClNO5/c1-3-23-44-35(40)21-20-33-31(22-24-43-30-17-14-28(15-18-30)37(41)42-2)32-25-29(38)16-19-34(32)39(33)36(26-10-6-4-7-11-26)27-12-8-5-9-13-27/h3-21,25,36H,1,22-24H2,2H3/b21-20+. The number of benzene rings is 4. The van der Waals surface area contributed by atoms with E-state index < -0.39 is 11.9 Å². The Labute approximate surface area is 261 Å². The fraction of sp³-hybridized carbons (Fsp3) is 0.135. The van der Waals surface area contributed by atoms with Crippen LogP contribution in [0.25, 0.3) is 17.0 Å². The molecule has 5 rings (SSSR count). The van der Waals surface area contributed by atoms with Crippen LogP contribution in [0.3, 0.4) is 0 Å². The number of nitrogens with zero attached hydrogens (tertiary/aromatic N) is 1. The van der Waals surface area contributed by atoms with Gasteiger partial charge in [0.05, 0.1) is 25.3 Å². The van der Waals surface area contributed by atoms with Crippen LogP contribution < -0.4 is 4.74 Å².